The molecule has 0 bridgehead atoms. The van der Waals surface area contributed by atoms with Crippen molar-refractivity contribution in [3.8, 4) is 5.75 Å². The second kappa shape index (κ2) is 20.5. The molecule has 1 aliphatic heterocycles. The van der Waals surface area contributed by atoms with E-state index in [1.165, 1.54) is 82.6 Å². The van der Waals surface area contributed by atoms with E-state index in [0.29, 0.717) is 13.0 Å². The number of carbonyl (C=O) groups is 1. The van der Waals surface area contributed by atoms with Crippen LogP contribution in [0.3, 0.4) is 0 Å². The number of fused-ring (bicyclic) bond motifs is 1. The molecule has 41 heavy (non-hydrogen) atoms. The zero-order valence-electron chi connectivity index (χ0n) is 27.4. The van der Waals surface area contributed by atoms with E-state index in [0.717, 1.165) is 66.8 Å². The fourth-order valence-electron chi connectivity index (χ4n) is 5.82. The molecule has 2 rings (SSSR count). The van der Waals surface area contributed by atoms with E-state index in [-0.39, 0.29) is 18.3 Å². The van der Waals surface area contributed by atoms with Crippen LogP contribution in [0.5, 0.6) is 5.75 Å². The molecular formula is C34H62ClN3O3. The van der Waals surface area contributed by atoms with E-state index in [4.69, 9.17) is 9.47 Å². The summed E-state index contributed by atoms with van der Waals surface area (Å²) in [6.07, 6.45) is 22.8. The van der Waals surface area contributed by atoms with Crippen molar-refractivity contribution >= 4 is 5.91 Å². The van der Waals surface area contributed by atoms with Crippen LogP contribution in [0.15, 0.2) is 6.20 Å². The summed E-state index contributed by atoms with van der Waals surface area (Å²) in [5.74, 6) is 0.539. The van der Waals surface area contributed by atoms with Crippen molar-refractivity contribution in [1.82, 2.24) is 10.3 Å². The quantitative estimate of drug-likeness (QED) is 0.144. The predicted molar refractivity (Wildman–Crippen MR) is 166 cm³/mol. The molecule has 0 saturated heterocycles. The lowest BCUT2D eigenvalue weighted by Gasteiger charge is -2.38. The molecule has 7 heteroatoms. The molecule has 238 valence electrons. The number of hydrogen-bond acceptors (Lipinski definition) is 4. The molecule has 0 aliphatic carbocycles. The van der Waals surface area contributed by atoms with Crippen molar-refractivity contribution in [2.45, 2.75) is 156 Å². The average molecular weight is 596 g/mol. The van der Waals surface area contributed by atoms with Crippen molar-refractivity contribution in [2.24, 2.45) is 0 Å². The van der Waals surface area contributed by atoms with Gasteiger partial charge in [-0.25, -0.2) is 0 Å². The third-order valence-electron chi connectivity index (χ3n) is 8.32. The van der Waals surface area contributed by atoms with Crippen molar-refractivity contribution in [3.05, 3.63) is 23.0 Å². The summed E-state index contributed by atoms with van der Waals surface area (Å²) in [7, 11) is 4.49. The minimum Gasteiger partial charge on any atom is -1.00 e. The van der Waals surface area contributed by atoms with Crippen molar-refractivity contribution in [3.63, 3.8) is 0 Å². The van der Waals surface area contributed by atoms with Crippen LogP contribution >= 0.6 is 0 Å². The van der Waals surface area contributed by atoms with Gasteiger partial charge >= 0.3 is 0 Å². The number of aromatic nitrogens is 1. The fraction of sp³-hybridized carbons (Fsp3) is 0.824. The minimum atomic E-state index is -0.567. The number of nitrogens with one attached hydrogen (secondary N) is 1. The van der Waals surface area contributed by atoms with Crippen LogP contribution in [0.4, 0.5) is 0 Å². The predicted octanol–water partition coefficient (Wildman–Crippen LogP) is 5.38. The molecule has 0 saturated carbocycles. The van der Waals surface area contributed by atoms with Crippen LogP contribution in [0.25, 0.3) is 0 Å². The monoisotopic (exact) mass is 595 g/mol. The number of unbranched alkanes of at least 4 members (excludes halogenated alkanes) is 12. The van der Waals surface area contributed by atoms with Crippen LogP contribution in [-0.4, -0.2) is 48.3 Å². The summed E-state index contributed by atoms with van der Waals surface area (Å²) in [6.45, 7) is 11.6. The minimum absolute atomic E-state index is 0. The number of aryl methyl sites for hydroxylation is 1. The van der Waals surface area contributed by atoms with Gasteiger partial charge in [0.15, 0.2) is 0 Å². The highest BCUT2D eigenvalue weighted by atomic mass is 35.5. The Balaban J connectivity index is 0.00000840. The number of carbonyl (C=O) groups excluding carboxylic acids is 1. The van der Waals surface area contributed by atoms with Gasteiger partial charge in [0, 0.05) is 50.1 Å². The first-order valence-electron chi connectivity index (χ1n) is 16.6. The van der Waals surface area contributed by atoms with E-state index < -0.39 is 5.79 Å². The van der Waals surface area contributed by atoms with Crippen LogP contribution in [0, 0.1) is 6.92 Å². The summed E-state index contributed by atoms with van der Waals surface area (Å²) < 4.78 is 13.3. The van der Waals surface area contributed by atoms with Crippen LogP contribution < -0.4 is 22.5 Å². The Bertz CT molecular complexity index is 864. The molecule has 1 aromatic rings. The van der Waals surface area contributed by atoms with Crippen molar-refractivity contribution < 1.29 is 31.2 Å². The Morgan fingerprint density at radius 2 is 1.51 bits per heavy atom. The number of rotatable bonds is 22. The Labute approximate surface area is 258 Å². The summed E-state index contributed by atoms with van der Waals surface area (Å²) in [4.78, 5) is 16.9. The summed E-state index contributed by atoms with van der Waals surface area (Å²) >= 11 is 0. The molecule has 2 heterocycles. The SMILES string of the molecule is CCCCCCCCCCCCCCCC(=O)NCCC[N+](C)(C)Cc1cnc(C)c2c1COC(C)(CCC)O2.[Cl-]. The standard InChI is InChI=1S/C34H61N3O3.ClH/c1-7-9-10-11-12-13-14-15-16-17-18-19-20-22-32(38)35-24-21-25-37(5,6)27-30-26-36-29(3)33-31(30)28-39-34(4,40-33)23-8-2;/h26H,7-25,27-28H2,1-6H3;1H. The third kappa shape index (κ3) is 15.1. The number of halogens is 1. The maximum atomic E-state index is 12.3. The lowest BCUT2D eigenvalue weighted by atomic mass is 10.0. The molecule has 1 aliphatic rings. The Morgan fingerprint density at radius 1 is 0.927 bits per heavy atom. The maximum absolute atomic E-state index is 12.3. The Morgan fingerprint density at radius 3 is 2.10 bits per heavy atom. The van der Waals surface area contributed by atoms with Gasteiger partial charge in [-0.1, -0.05) is 90.9 Å². The molecule has 1 unspecified atom stereocenters. The van der Waals surface area contributed by atoms with Crippen LogP contribution in [0.1, 0.15) is 147 Å². The first-order chi connectivity index (χ1) is 19.2. The van der Waals surface area contributed by atoms with Crippen molar-refractivity contribution in [2.75, 3.05) is 27.2 Å². The second-order valence-corrected chi connectivity index (χ2v) is 13.0. The number of amides is 1. The highest BCUT2D eigenvalue weighted by molar-refractivity contribution is 5.75. The number of hydrogen-bond donors (Lipinski definition) is 1. The number of ether oxygens (including phenoxy) is 2. The van der Waals surface area contributed by atoms with E-state index in [1.807, 2.05) is 20.0 Å². The zero-order valence-corrected chi connectivity index (χ0v) is 28.2. The lowest BCUT2D eigenvalue weighted by Crippen LogP contribution is -3.00. The second-order valence-electron chi connectivity index (χ2n) is 13.0. The van der Waals surface area contributed by atoms with Gasteiger partial charge in [0.1, 0.15) is 12.3 Å². The van der Waals surface area contributed by atoms with Gasteiger partial charge in [-0.2, -0.15) is 0 Å². The molecule has 1 aromatic heterocycles. The Hall–Kier alpha value is -1.37. The smallest absolute Gasteiger partial charge is 0.219 e. The molecule has 6 nitrogen and oxygen atoms in total. The van der Waals surface area contributed by atoms with Gasteiger partial charge < -0.3 is 31.7 Å². The number of pyridine rings is 1. The molecule has 0 aromatic carbocycles. The Kier molecular flexibility index (Phi) is 18.8. The van der Waals surface area contributed by atoms with E-state index in [2.05, 4.69) is 38.2 Å². The van der Waals surface area contributed by atoms with Gasteiger partial charge in [-0.15, -0.1) is 0 Å². The zero-order chi connectivity index (χ0) is 29.3. The molecule has 1 N–H and O–H groups in total. The number of nitrogens with zero attached hydrogens (tertiary/aromatic N) is 2. The molecular weight excluding hydrogens is 534 g/mol. The average Bonchev–Trinajstić information content (AvgIpc) is 2.91. The molecule has 0 fully saturated rings. The largest absolute Gasteiger partial charge is 1.00 e. The first-order valence-corrected chi connectivity index (χ1v) is 16.6. The van der Waals surface area contributed by atoms with Crippen LogP contribution in [-0.2, 0) is 22.7 Å². The lowest BCUT2D eigenvalue weighted by molar-refractivity contribution is -0.903. The summed E-state index contributed by atoms with van der Waals surface area (Å²) in [6, 6.07) is 0. The van der Waals surface area contributed by atoms with E-state index >= 15 is 0 Å². The summed E-state index contributed by atoms with van der Waals surface area (Å²) in [5.41, 5.74) is 3.26. The highest BCUT2D eigenvalue weighted by Gasteiger charge is 2.35. The van der Waals surface area contributed by atoms with E-state index in [1.54, 1.807) is 0 Å². The highest BCUT2D eigenvalue weighted by Crippen LogP contribution is 2.37. The van der Waals surface area contributed by atoms with Gasteiger partial charge in [-0.3, -0.25) is 9.78 Å². The van der Waals surface area contributed by atoms with Gasteiger partial charge in [0.2, 0.25) is 11.7 Å². The van der Waals surface area contributed by atoms with Gasteiger partial charge in [0.25, 0.3) is 0 Å². The normalized spacial score (nSPS) is 16.5. The molecule has 0 radical (unpaired) electrons. The third-order valence-corrected chi connectivity index (χ3v) is 8.32. The van der Waals surface area contributed by atoms with Crippen LogP contribution in [0.2, 0.25) is 0 Å². The van der Waals surface area contributed by atoms with Gasteiger partial charge in [-0.05, 0) is 19.8 Å². The summed E-state index contributed by atoms with van der Waals surface area (Å²) in [5, 5.41) is 3.14. The first kappa shape index (κ1) is 37.7. The van der Waals surface area contributed by atoms with E-state index in [9.17, 15) is 4.79 Å². The topological polar surface area (TPSA) is 60.5 Å². The number of quaternary nitrogens is 1. The molecule has 1 atom stereocenters. The maximum Gasteiger partial charge on any atom is 0.219 e. The molecule has 0 spiro atoms. The fourth-order valence-corrected chi connectivity index (χ4v) is 5.82. The van der Waals surface area contributed by atoms with Crippen molar-refractivity contribution in [1.29, 1.82) is 0 Å². The van der Waals surface area contributed by atoms with Gasteiger partial charge in [0.05, 0.1) is 32.9 Å². The molecule has 1 amide bonds.